The molecule has 0 radical (unpaired) electrons. The lowest BCUT2D eigenvalue weighted by Gasteiger charge is -2.21. The second kappa shape index (κ2) is 8.77. The van der Waals surface area contributed by atoms with Crippen LogP contribution >= 0.6 is 23.4 Å². The largest absolute Gasteiger partial charge is 0.325 e. The molecule has 1 aliphatic rings. The van der Waals surface area contributed by atoms with Gasteiger partial charge >= 0.3 is 0 Å². The van der Waals surface area contributed by atoms with Crippen molar-refractivity contribution in [2.24, 2.45) is 7.05 Å². The first-order valence-electron chi connectivity index (χ1n) is 10.1. The van der Waals surface area contributed by atoms with Crippen LogP contribution in [0.4, 0.5) is 0 Å². The quantitative estimate of drug-likeness (QED) is 0.445. The van der Waals surface area contributed by atoms with Crippen LogP contribution in [0.3, 0.4) is 0 Å². The summed E-state index contributed by atoms with van der Waals surface area (Å²) >= 11 is 7.72. The maximum absolute atomic E-state index is 11.8. The predicted molar refractivity (Wildman–Crippen MR) is 123 cm³/mol. The van der Waals surface area contributed by atoms with Crippen LogP contribution < -0.4 is 0 Å². The van der Waals surface area contributed by atoms with E-state index in [1.165, 1.54) is 38.4 Å². The highest BCUT2D eigenvalue weighted by atomic mass is 35.5. The fraction of sp³-hybridized carbons (Fsp3) is 0.348. The van der Waals surface area contributed by atoms with E-state index in [-0.39, 0.29) is 0 Å². The van der Waals surface area contributed by atoms with Crippen molar-refractivity contribution in [1.29, 1.82) is 0 Å². The Labute approximate surface area is 187 Å². The molecule has 1 fully saturated rings. The Bertz CT molecular complexity index is 1130. The number of imidazole rings is 1. The van der Waals surface area contributed by atoms with Crippen LogP contribution in [-0.4, -0.2) is 24.2 Å². The third-order valence-corrected chi connectivity index (χ3v) is 8.18. The molecule has 7 heteroatoms. The number of hydrogen-bond acceptors (Lipinski definition) is 4. The van der Waals surface area contributed by atoms with Gasteiger partial charge in [0.15, 0.2) is 9.84 Å². The summed E-state index contributed by atoms with van der Waals surface area (Å²) in [6.45, 7) is 0. The summed E-state index contributed by atoms with van der Waals surface area (Å²) < 4.78 is 25.9. The van der Waals surface area contributed by atoms with Crippen LogP contribution in [-0.2, 0) is 16.9 Å². The number of rotatable bonds is 5. The van der Waals surface area contributed by atoms with E-state index >= 15 is 0 Å². The summed E-state index contributed by atoms with van der Waals surface area (Å²) in [5.74, 6) is 1.59. The van der Waals surface area contributed by atoms with Gasteiger partial charge in [-0.25, -0.2) is 13.4 Å². The average molecular weight is 461 g/mol. The molecule has 0 spiro atoms. The van der Waals surface area contributed by atoms with E-state index in [0.717, 1.165) is 27.0 Å². The van der Waals surface area contributed by atoms with Crippen LogP contribution in [0.25, 0.3) is 11.3 Å². The minimum absolute atomic E-state index is 0.321. The van der Waals surface area contributed by atoms with Crippen molar-refractivity contribution in [3.8, 4) is 11.3 Å². The first-order valence-corrected chi connectivity index (χ1v) is 13.2. The summed E-state index contributed by atoms with van der Waals surface area (Å²) in [5.41, 5.74) is 1.83. The molecule has 4 rings (SSSR count). The third-order valence-electron chi connectivity index (χ3n) is 5.63. The van der Waals surface area contributed by atoms with E-state index in [4.69, 9.17) is 16.6 Å². The standard InChI is InChI=1S/C23H25ClN2O2S2/c1-26-22(17-6-4-3-5-7-17)25-21(16-8-14-20(15-9-16)30(2,27)28)23(26)29-19-12-10-18(24)11-13-19/h8-15,17H,3-7H2,1-2H3. The van der Waals surface area contributed by atoms with Crippen molar-refractivity contribution >= 4 is 33.2 Å². The Morgan fingerprint density at radius 3 is 2.23 bits per heavy atom. The summed E-state index contributed by atoms with van der Waals surface area (Å²) in [4.78, 5) is 6.49. The molecule has 1 heterocycles. The zero-order valence-electron chi connectivity index (χ0n) is 17.1. The lowest BCUT2D eigenvalue weighted by Crippen LogP contribution is -2.10. The normalized spacial score (nSPS) is 15.4. The molecule has 0 N–H and O–H groups in total. The number of hydrogen-bond donors (Lipinski definition) is 0. The molecular weight excluding hydrogens is 436 g/mol. The van der Waals surface area contributed by atoms with Crippen LogP contribution in [0.15, 0.2) is 63.3 Å². The van der Waals surface area contributed by atoms with Gasteiger partial charge in [-0.05, 0) is 49.2 Å². The van der Waals surface area contributed by atoms with Crippen LogP contribution in [0.5, 0.6) is 0 Å². The van der Waals surface area contributed by atoms with Crippen molar-refractivity contribution in [2.45, 2.75) is 52.8 Å². The van der Waals surface area contributed by atoms with Crippen molar-refractivity contribution in [2.75, 3.05) is 6.26 Å². The SMILES string of the molecule is Cn1c(C2CCCCC2)nc(-c2ccc(S(C)(=O)=O)cc2)c1Sc1ccc(Cl)cc1. The Morgan fingerprint density at radius 2 is 1.63 bits per heavy atom. The molecular formula is C23H25ClN2O2S2. The van der Waals surface area contributed by atoms with Gasteiger partial charge in [-0.15, -0.1) is 0 Å². The highest BCUT2D eigenvalue weighted by Gasteiger charge is 2.25. The number of halogens is 1. The summed E-state index contributed by atoms with van der Waals surface area (Å²) in [6, 6.07) is 14.8. The fourth-order valence-electron chi connectivity index (χ4n) is 4.01. The molecule has 0 atom stereocenters. The zero-order chi connectivity index (χ0) is 21.3. The van der Waals surface area contributed by atoms with Crippen molar-refractivity contribution < 1.29 is 8.42 Å². The highest BCUT2D eigenvalue weighted by Crippen LogP contribution is 2.40. The Kier molecular flexibility index (Phi) is 6.28. The molecule has 0 unspecified atom stereocenters. The first-order chi connectivity index (χ1) is 14.3. The van der Waals surface area contributed by atoms with Crippen LogP contribution in [0, 0.1) is 0 Å². The molecule has 2 aromatic carbocycles. The van der Waals surface area contributed by atoms with Gasteiger partial charge in [-0.1, -0.05) is 54.8 Å². The summed E-state index contributed by atoms with van der Waals surface area (Å²) in [6.07, 6.45) is 7.36. The van der Waals surface area contributed by atoms with Gasteiger partial charge in [-0.2, -0.15) is 0 Å². The van der Waals surface area contributed by atoms with Gasteiger partial charge in [0.2, 0.25) is 0 Å². The van der Waals surface area contributed by atoms with Crippen molar-refractivity contribution in [3.63, 3.8) is 0 Å². The predicted octanol–water partition coefficient (Wildman–Crippen LogP) is 6.34. The molecule has 0 aliphatic heterocycles. The lowest BCUT2D eigenvalue weighted by atomic mass is 9.89. The molecule has 0 bridgehead atoms. The van der Waals surface area contributed by atoms with Gasteiger partial charge in [0.25, 0.3) is 0 Å². The maximum Gasteiger partial charge on any atom is 0.175 e. The Hall–Kier alpha value is -1.76. The lowest BCUT2D eigenvalue weighted by molar-refractivity contribution is 0.419. The summed E-state index contributed by atoms with van der Waals surface area (Å²) in [7, 11) is -1.14. The van der Waals surface area contributed by atoms with Crippen molar-refractivity contribution in [3.05, 3.63) is 59.4 Å². The van der Waals surface area contributed by atoms with Crippen molar-refractivity contribution in [1.82, 2.24) is 9.55 Å². The molecule has 0 amide bonds. The smallest absolute Gasteiger partial charge is 0.175 e. The Balaban J connectivity index is 1.77. The number of benzene rings is 2. The third kappa shape index (κ3) is 4.61. The van der Waals surface area contributed by atoms with E-state index in [0.29, 0.717) is 15.8 Å². The van der Waals surface area contributed by atoms with Gasteiger partial charge in [0, 0.05) is 34.7 Å². The van der Waals surface area contributed by atoms with Gasteiger partial charge in [0.1, 0.15) is 16.5 Å². The van der Waals surface area contributed by atoms with Crippen LogP contribution in [0.2, 0.25) is 5.02 Å². The number of nitrogens with zero attached hydrogens (tertiary/aromatic N) is 2. The molecule has 0 saturated heterocycles. The molecule has 4 nitrogen and oxygen atoms in total. The molecule has 1 saturated carbocycles. The van der Waals surface area contributed by atoms with Crippen LogP contribution in [0.1, 0.15) is 43.8 Å². The monoisotopic (exact) mass is 460 g/mol. The molecule has 30 heavy (non-hydrogen) atoms. The molecule has 3 aromatic rings. The average Bonchev–Trinajstić information content (AvgIpc) is 3.06. The second-order valence-corrected chi connectivity index (χ2v) is 11.4. The number of sulfone groups is 1. The second-order valence-electron chi connectivity index (χ2n) is 7.87. The summed E-state index contributed by atoms with van der Waals surface area (Å²) in [5, 5.41) is 1.77. The minimum Gasteiger partial charge on any atom is -0.325 e. The zero-order valence-corrected chi connectivity index (χ0v) is 19.5. The molecule has 1 aromatic heterocycles. The van der Waals surface area contributed by atoms with Gasteiger partial charge in [0.05, 0.1) is 4.90 Å². The molecule has 158 valence electrons. The van der Waals surface area contributed by atoms with E-state index in [1.54, 1.807) is 23.9 Å². The molecule has 1 aliphatic carbocycles. The van der Waals surface area contributed by atoms with E-state index in [1.807, 2.05) is 36.4 Å². The van der Waals surface area contributed by atoms with E-state index < -0.39 is 9.84 Å². The van der Waals surface area contributed by atoms with E-state index in [9.17, 15) is 8.42 Å². The first kappa shape index (κ1) is 21.5. The van der Waals surface area contributed by atoms with Gasteiger partial charge in [-0.3, -0.25) is 0 Å². The topological polar surface area (TPSA) is 52.0 Å². The fourth-order valence-corrected chi connectivity index (χ4v) is 5.75. The minimum atomic E-state index is -3.23. The Morgan fingerprint density at radius 1 is 1.00 bits per heavy atom. The number of aromatic nitrogens is 2. The maximum atomic E-state index is 11.8. The van der Waals surface area contributed by atoms with Gasteiger partial charge < -0.3 is 4.57 Å². The van der Waals surface area contributed by atoms with E-state index in [2.05, 4.69) is 11.6 Å². The highest BCUT2D eigenvalue weighted by molar-refractivity contribution is 7.99.